The van der Waals surface area contributed by atoms with Crippen LogP contribution in [0.2, 0.25) is 0 Å². The first kappa shape index (κ1) is 14.1. The number of fused-ring (bicyclic) bond motifs is 1. The first-order chi connectivity index (χ1) is 10.1. The highest BCUT2D eigenvalue weighted by Crippen LogP contribution is 2.20. The predicted molar refractivity (Wildman–Crippen MR) is 80.2 cm³/mol. The van der Waals surface area contributed by atoms with E-state index in [4.69, 9.17) is 9.52 Å². The van der Waals surface area contributed by atoms with Gasteiger partial charge < -0.3 is 9.52 Å². The van der Waals surface area contributed by atoms with Crippen molar-refractivity contribution in [2.24, 2.45) is 0 Å². The Bertz CT molecular complexity index is 596. The molecule has 1 fully saturated rings. The molecule has 0 radical (unpaired) electrons. The molecule has 21 heavy (non-hydrogen) atoms. The van der Waals surface area contributed by atoms with Crippen molar-refractivity contribution in [2.45, 2.75) is 19.5 Å². The lowest BCUT2D eigenvalue weighted by Gasteiger charge is -2.36. The summed E-state index contributed by atoms with van der Waals surface area (Å²) in [4.78, 5) is 15.3. The quantitative estimate of drug-likeness (QED) is 0.933. The summed E-state index contributed by atoms with van der Waals surface area (Å²) in [6.45, 7) is 5.84. The Hall–Kier alpha value is -1.85. The van der Waals surface area contributed by atoms with Crippen molar-refractivity contribution in [3.05, 3.63) is 36.1 Å². The molecule has 1 saturated heterocycles. The Labute approximate surface area is 123 Å². The zero-order chi connectivity index (χ0) is 14.8. The summed E-state index contributed by atoms with van der Waals surface area (Å²) >= 11 is 0. The molecule has 112 valence electrons. The maximum atomic E-state index is 11.0. The Morgan fingerprint density at radius 1 is 1.29 bits per heavy atom. The third-order valence-electron chi connectivity index (χ3n) is 4.17. The lowest BCUT2D eigenvalue weighted by Crippen LogP contribution is -2.51. The summed E-state index contributed by atoms with van der Waals surface area (Å²) < 4.78 is 5.83. The molecule has 1 aliphatic heterocycles. The number of rotatable bonds is 4. The first-order valence-electron chi connectivity index (χ1n) is 7.30. The van der Waals surface area contributed by atoms with Crippen LogP contribution in [0.25, 0.3) is 11.0 Å². The van der Waals surface area contributed by atoms with Gasteiger partial charge in [0.2, 0.25) is 0 Å². The fourth-order valence-electron chi connectivity index (χ4n) is 2.80. The van der Waals surface area contributed by atoms with Crippen LogP contribution in [0.1, 0.15) is 12.7 Å². The van der Waals surface area contributed by atoms with E-state index in [2.05, 4.69) is 17.0 Å². The predicted octanol–water partition coefficient (Wildman–Crippen LogP) is 2.02. The summed E-state index contributed by atoms with van der Waals surface area (Å²) in [7, 11) is 0. The van der Waals surface area contributed by atoms with E-state index in [1.54, 1.807) is 6.92 Å². The number of nitrogens with zero attached hydrogens (tertiary/aromatic N) is 2. The molecule has 2 heterocycles. The van der Waals surface area contributed by atoms with E-state index in [-0.39, 0.29) is 0 Å². The van der Waals surface area contributed by atoms with Crippen molar-refractivity contribution in [3.63, 3.8) is 0 Å². The van der Waals surface area contributed by atoms with E-state index >= 15 is 0 Å². The lowest BCUT2D eigenvalue weighted by atomic mass is 10.2. The van der Waals surface area contributed by atoms with Gasteiger partial charge in [0.25, 0.3) is 0 Å². The van der Waals surface area contributed by atoms with Crippen LogP contribution >= 0.6 is 0 Å². The summed E-state index contributed by atoms with van der Waals surface area (Å²) in [5, 5.41) is 10.2. The van der Waals surface area contributed by atoms with Gasteiger partial charge in [-0.2, -0.15) is 0 Å². The normalized spacial score (nSPS) is 18.9. The van der Waals surface area contributed by atoms with Crippen LogP contribution in [0.4, 0.5) is 0 Å². The van der Waals surface area contributed by atoms with E-state index in [1.165, 1.54) is 0 Å². The van der Waals surface area contributed by atoms with Crippen molar-refractivity contribution in [1.29, 1.82) is 0 Å². The number of hydrogen-bond donors (Lipinski definition) is 1. The Morgan fingerprint density at radius 3 is 2.67 bits per heavy atom. The Kier molecular flexibility index (Phi) is 3.94. The number of hydrogen-bond acceptors (Lipinski definition) is 4. The highest BCUT2D eigenvalue weighted by Gasteiger charge is 2.25. The number of piperazine rings is 1. The van der Waals surface area contributed by atoms with Crippen molar-refractivity contribution >= 4 is 16.9 Å². The van der Waals surface area contributed by atoms with Crippen molar-refractivity contribution in [2.75, 3.05) is 26.2 Å². The van der Waals surface area contributed by atoms with E-state index in [0.29, 0.717) is 0 Å². The fourth-order valence-corrected chi connectivity index (χ4v) is 2.80. The minimum absolute atomic E-state index is 0.404. The molecule has 5 heteroatoms. The fraction of sp³-hybridized carbons (Fsp3) is 0.438. The maximum absolute atomic E-state index is 11.0. The van der Waals surface area contributed by atoms with E-state index in [0.717, 1.165) is 49.5 Å². The van der Waals surface area contributed by atoms with Crippen LogP contribution in [0, 0.1) is 0 Å². The summed E-state index contributed by atoms with van der Waals surface area (Å²) in [6, 6.07) is 9.69. The second-order valence-electron chi connectivity index (χ2n) is 5.58. The molecule has 1 N–H and O–H groups in total. The van der Waals surface area contributed by atoms with Crippen LogP contribution in [-0.4, -0.2) is 53.1 Å². The molecule has 2 aromatic rings. The second kappa shape index (κ2) is 5.87. The molecule has 5 nitrogen and oxygen atoms in total. The molecule has 0 aliphatic carbocycles. The number of benzene rings is 1. The molecule has 0 bridgehead atoms. The van der Waals surface area contributed by atoms with Crippen LogP contribution in [0.5, 0.6) is 0 Å². The molecule has 0 saturated carbocycles. The largest absolute Gasteiger partial charge is 0.480 e. The number of aliphatic carboxylic acids is 1. The molecule has 0 spiro atoms. The van der Waals surface area contributed by atoms with Gasteiger partial charge in [0.15, 0.2) is 0 Å². The molecule has 0 amide bonds. The second-order valence-corrected chi connectivity index (χ2v) is 5.58. The van der Waals surface area contributed by atoms with E-state index in [1.807, 2.05) is 23.1 Å². The van der Waals surface area contributed by atoms with Crippen LogP contribution in [-0.2, 0) is 11.3 Å². The van der Waals surface area contributed by atoms with Gasteiger partial charge in [0.05, 0.1) is 6.54 Å². The Balaban J connectivity index is 1.59. The average Bonchev–Trinajstić information content (AvgIpc) is 2.89. The highest BCUT2D eigenvalue weighted by atomic mass is 16.4. The van der Waals surface area contributed by atoms with Crippen molar-refractivity contribution < 1.29 is 14.3 Å². The van der Waals surface area contributed by atoms with Crippen molar-refractivity contribution in [1.82, 2.24) is 9.80 Å². The third kappa shape index (κ3) is 3.09. The van der Waals surface area contributed by atoms with Crippen molar-refractivity contribution in [3.8, 4) is 0 Å². The number of carboxylic acid groups (broad SMARTS) is 1. The lowest BCUT2D eigenvalue weighted by molar-refractivity contribution is -0.143. The summed E-state index contributed by atoms with van der Waals surface area (Å²) in [6.07, 6.45) is 0. The number of para-hydroxylation sites is 1. The van der Waals surface area contributed by atoms with Crippen LogP contribution in [0.3, 0.4) is 0 Å². The highest BCUT2D eigenvalue weighted by molar-refractivity contribution is 5.77. The topological polar surface area (TPSA) is 56.9 Å². The minimum atomic E-state index is -0.749. The smallest absolute Gasteiger partial charge is 0.320 e. The number of carboxylic acids is 1. The molecule has 1 aliphatic rings. The van der Waals surface area contributed by atoms with Crippen LogP contribution < -0.4 is 0 Å². The maximum Gasteiger partial charge on any atom is 0.320 e. The molecule has 3 rings (SSSR count). The van der Waals surface area contributed by atoms with E-state index in [9.17, 15) is 4.79 Å². The van der Waals surface area contributed by atoms with Gasteiger partial charge in [-0.1, -0.05) is 18.2 Å². The first-order valence-corrected chi connectivity index (χ1v) is 7.30. The summed E-state index contributed by atoms with van der Waals surface area (Å²) in [5.41, 5.74) is 0.922. The zero-order valence-corrected chi connectivity index (χ0v) is 12.2. The number of carbonyl (C=O) groups is 1. The molecule has 1 unspecified atom stereocenters. The Morgan fingerprint density at radius 2 is 2.00 bits per heavy atom. The van der Waals surface area contributed by atoms with Gasteiger partial charge in [-0.15, -0.1) is 0 Å². The summed E-state index contributed by atoms with van der Waals surface area (Å²) in [5.74, 6) is 0.219. The van der Waals surface area contributed by atoms with Gasteiger partial charge >= 0.3 is 5.97 Å². The van der Waals surface area contributed by atoms with Gasteiger partial charge in [-0.3, -0.25) is 14.6 Å². The molecular weight excluding hydrogens is 268 g/mol. The number of furan rings is 1. The molecular formula is C16H20N2O3. The van der Waals surface area contributed by atoms with Gasteiger partial charge in [0, 0.05) is 31.6 Å². The van der Waals surface area contributed by atoms with Crippen LogP contribution in [0.15, 0.2) is 34.7 Å². The SMILES string of the molecule is CC(C(=O)O)N1CCN(Cc2cc3ccccc3o2)CC1. The standard InChI is InChI=1S/C16H20N2O3/c1-12(16(19)20)18-8-6-17(7-9-18)11-14-10-13-4-2-3-5-15(13)21-14/h2-5,10,12H,6-9,11H2,1H3,(H,19,20). The van der Waals surface area contributed by atoms with Gasteiger partial charge in [-0.25, -0.2) is 0 Å². The van der Waals surface area contributed by atoms with Gasteiger partial charge in [0.1, 0.15) is 17.4 Å². The minimum Gasteiger partial charge on any atom is -0.480 e. The molecule has 1 aromatic carbocycles. The monoisotopic (exact) mass is 288 g/mol. The molecule has 1 aromatic heterocycles. The third-order valence-corrected chi connectivity index (χ3v) is 4.17. The average molecular weight is 288 g/mol. The zero-order valence-electron chi connectivity index (χ0n) is 12.2. The molecule has 1 atom stereocenters. The van der Waals surface area contributed by atoms with Gasteiger partial charge in [-0.05, 0) is 19.1 Å². The van der Waals surface area contributed by atoms with E-state index < -0.39 is 12.0 Å².